The van der Waals surface area contributed by atoms with Gasteiger partial charge in [-0.15, -0.1) is 0 Å². The maximum Gasteiger partial charge on any atom is 0.234 e. The largest absolute Gasteiger partial charge is 0.338 e. The molecule has 1 amide bonds. The van der Waals surface area contributed by atoms with Crippen molar-refractivity contribution in [1.29, 1.82) is 0 Å². The topological polar surface area (TPSA) is 81.2 Å². The highest BCUT2D eigenvalue weighted by atomic mass is 16.5. The SMILES string of the molecule is Cc1noc(NC(=O)C2C3CCC(C3)C2N)c1C. The van der Waals surface area contributed by atoms with E-state index in [0.717, 1.165) is 24.1 Å². The lowest BCUT2D eigenvalue weighted by atomic mass is 9.84. The van der Waals surface area contributed by atoms with Crippen LogP contribution in [0.2, 0.25) is 0 Å². The lowest BCUT2D eigenvalue weighted by Gasteiger charge is -2.26. The van der Waals surface area contributed by atoms with E-state index in [1.165, 1.54) is 6.42 Å². The van der Waals surface area contributed by atoms with Gasteiger partial charge in [0.25, 0.3) is 0 Å². The summed E-state index contributed by atoms with van der Waals surface area (Å²) in [7, 11) is 0. The molecule has 2 fully saturated rings. The zero-order chi connectivity index (χ0) is 12.9. The van der Waals surface area contributed by atoms with Crippen molar-refractivity contribution in [2.75, 3.05) is 5.32 Å². The molecule has 2 bridgehead atoms. The first-order chi connectivity index (χ1) is 8.58. The predicted molar refractivity (Wildman–Crippen MR) is 66.9 cm³/mol. The first kappa shape index (κ1) is 11.7. The molecule has 5 heteroatoms. The highest BCUT2D eigenvalue weighted by Gasteiger charge is 2.49. The number of fused-ring (bicyclic) bond motifs is 2. The molecule has 1 aromatic heterocycles. The molecule has 2 aliphatic rings. The summed E-state index contributed by atoms with van der Waals surface area (Å²) in [6.07, 6.45) is 3.41. The summed E-state index contributed by atoms with van der Waals surface area (Å²) >= 11 is 0. The van der Waals surface area contributed by atoms with Crippen molar-refractivity contribution >= 4 is 11.8 Å². The van der Waals surface area contributed by atoms with Crippen LogP contribution in [0.3, 0.4) is 0 Å². The van der Waals surface area contributed by atoms with E-state index in [1.807, 2.05) is 13.8 Å². The predicted octanol–water partition coefficient (Wildman–Crippen LogP) is 1.60. The normalized spacial score (nSPS) is 33.9. The first-order valence-corrected chi connectivity index (χ1v) is 6.57. The average Bonchev–Trinajstić information content (AvgIpc) is 2.99. The van der Waals surface area contributed by atoms with Gasteiger partial charge in [-0.25, -0.2) is 0 Å². The van der Waals surface area contributed by atoms with Crippen molar-refractivity contribution < 1.29 is 9.32 Å². The summed E-state index contributed by atoms with van der Waals surface area (Å²) in [5, 5.41) is 6.68. The minimum absolute atomic E-state index is 0.00560. The highest BCUT2D eigenvalue weighted by Crippen LogP contribution is 2.47. The number of nitrogens with two attached hydrogens (primary N) is 1. The van der Waals surface area contributed by atoms with Gasteiger partial charge in [0, 0.05) is 11.6 Å². The van der Waals surface area contributed by atoms with Gasteiger partial charge in [0.15, 0.2) is 0 Å². The highest BCUT2D eigenvalue weighted by molar-refractivity contribution is 5.93. The summed E-state index contributed by atoms with van der Waals surface area (Å²) in [6.45, 7) is 3.75. The number of nitrogens with zero attached hydrogens (tertiary/aromatic N) is 1. The minimum atomic E-state index is -0.0615. The quantitative estimate of drug-likeness (QED) is 0.834. The molecule has 1 heterocycles. The second kappa shape index (κ2) is 4.09. The lowest BCUT2D eigenvalue weighted by Crippen LogP contribution is -2.42. The average molecular weight is 249 g/mol. The van der Waals surface area contributed by atoms with Crippen LogP contribution < -0.4 is 11.1 Å². The van der Waals surface area contributed by atoms with Gasteiger partial charge in [-0.3, -0.25) is 10.1 Å². The molecule has 5 nitrogen and oxygen atoms in total. The zero-order valence-electron chi connectivity index (χ0n) is 10.8. The molecule has 0 saturated heterocycles. The summed E-state index contributed by atoms with van der Waals surface area (Å²) in [5.41, 5.74) is 7.85. The lowest BCUT2D eigenvalue weighted by molar-refractivity contribution is -0.121. The number of aryl methyl sites for hydroxylation is 1. The third kappa shape index (κ3) is 1.65. The van der Waals surface area contributed by atoms with Crippen LogP contribution in [0.15, 0.2) is 4.52 Å². The van der Waals surface area contributed by atoms with E-state index in [4.69, 9.17) is 10.3 Å². The number of amides is 1. The molecular weight excluding hydrogens is 230 g/mol. The Hall–Kier alpha value is -1.36. The molecule has 18 heavy (non-hydrogen) atoms. The fourth-order valence-electron chi connectivity index (χ4n) is 3.45. The molecule has 4 atom stereocenters. The number of hydrogen-bond donors (Lipinski definition) is 2. The number of carbonyl (C=O) groups excluding carboxylic acids is 1. The minimum Gasteiger partial charge on any atom is -0.338 e. The number of nitrogens with one attached hydrogen (secondary N) is 1. The van der Waals surface area contributed by atoms with Crippen molar-refractivity contribution in [2.45, 2.75) is 39.2 Å². The Morgan fingerprint density at radius 3 is 2.67 bits per heavy atom. The fraction of sp³-hybridized carbons (Fsp3) is 0.692. The molecule has 2 saturated carbocycles. The van der Waals surface area contributed by atoms with Crippen LogP contribution in [-0.4, -0.2) is 17.1 Å². The number of carbonyl (C=O) groups is 1. The van der Waals surface area contributed by atoms with Gasteiger partial charge >= 0.3 is 0 Å². The molecule has 2 aliphatic carbocycles. The van der Waals surface area contributed by atoms with E-state index >= 15 is 0 Å². The van der Waals surface area contributed by atoms with Gasteiger partial charge in [-0.2, -0.15) is 0 Å². The maximum atomic E-state index is 12.3. The van der Waals surface area contributed by atoms with Crippen molar-refractivity contribution in [3.8, 4) is 0 Å². The standard InChI is InChI=1S/C13H19N3O2/c1-6-7(2)16-18-13(6)15-12(17)10-8-3-4-9(5-8)11(10)14/h8-11H,3-5,14H2,1-2H3,(H,15,17). The first-order valence-electron chi connectivity index (χ1n) is 6.57. The number of anilines is 1. The summed E-state index contributed by atoms with van der Waals surface area (Å²) in [6, 6.07) is 0.00748. The molecule has 0 aliphatic heterocycles. The van der Waals surface area contributed by atoms with Crippen molar-refractivity contribution in [1.82, 2.24) is 5.16 Å². The molecule has 0 radical (unpaired) electrons. The van der Waals surface area contributed by atoms with Gasteiger partial charge in [0.05, 0.1) is 11.6 Å². The smallest absolute Gasteiger partial charge is 0.234 e. The van der Waals surface area contributed by atoms with Gasteiger partial charge in [0.1, 0.15) is 0 Å². The van der Waals surface area contributed by atoms with Crippen molar-refractivity contribution in [2.24, 2.45) is 23.5 Å². The van der Waals surface area contributed by atoms with Gasteiger partial charge in [0.2, 0.25) is 11.8 Å². The van der Waals surface area contributed by atoms with Crippen molar-refractivity contribution in [3.63, 3.8) is 0 Å². The van der Waals surface area contributed by atoms with E-state index in [2.05, 4.69) is 10.5 Å². The van der Waals surface area contributed by atoms with Gasteiger partial charge in [-0.05, 0) is 44.9 Å². The Balaban J connectivity index is 1.74. The summed E-state index contributed by atoms with van der Waals surface area (Å²) < 4.78 is 5.12. The third-order valence-corrected chi connectivity index (χ3v) is 4.68. The zero-order valence-corrected chi connectivity index (χ0v) is 10.8. The Morgan fingerprint density at radius 1 is 1.39 bits per heavy atom. The molecule has 98 valence electrons. The molecule has 0 aromatic carbocycles. The van der Waals surface area contributed by atoms with Crippen LogP contribution in [0.25, 0.3) is 0 Å². The number of rotatable bonds is 2. The Bertz CT molecular complexity index is 481. The fourth-order valence-corrected chi connectivity index (χ4v) is 3.45. The monoisotopic (exact) mass is 249 g/mol. The van der Waals surface area contributed by atoms with E-state index < -0.39 is 0 Å². The Morgan fingerprint density at radius 2 is 2.11 bits per heavy atom. The van der Waals surface area contributed by atoms with Gasteiger partial charge in [-0.1, -0.05) is 5.16 Å². The van der Waals surface area contributed by atoms with E-state index in [-0.39, 0.29) is 17.9 Å². The van der Waals surface area contributed by atoms with E-state index in [0.29, 0.717) is 17.7 Å². The Kier molecular flexibility index (Phi) is 2.66. The van der Waals surface area contributed by atoms with Crippen LogP contribution in [0.5, 0.6) is 0 Å². The maximum absolute atomic E-state index is 12.3. The molecule has 1 aromatic rings. The number of aromatic nitrogens is 1. The second-order valence-electron chi connectivity index (χ2n) is 5.65. The third-order valence-electron chi connectivity index (χ3n) is 4.68. The molecular formula is C13H19N3O2. The van der Waals surface area contributed by atoms with Gasteiger partial charge < -0.3 is 10.3 Å². The Labute approximate surface area is 106 Å². The molecule has 3 N–H and O–H groups in total. The van der Waals surface area contributed by atoms with Crippen molar-refractivity contribution in [3.05, 3.63) is 11.3 Å². The molecule has 3 rings (SSSR count). The van der Waals surface area contributed by atoms with Crippen LogP contribution in [-0.2, 0) is 4.79 Å². The van der Waals surface area contributed by atoms with Crippen LogP contribution in [0.4, 0.5) is 5.88 Å². The molecule has 0 spiro atoms. The number of hydrogen-bond acceptors (Lipinski definition) is 4. The van der Waals surface area contributed by atoms with E-state index in [1.54, 1.807) is 0 Å². The van der Waals surface area contributed by atoms with Crippen LogP contribution >= 0.6 is 0 Å². The van der Waals surface area contributed by atoms with E-state index in [9.17, 15) is 4.79 Å². The second-order valence-corrected chi connectivity index (χ2v) is 5.65. The van der Waals surface area contributed by atoms with Crippen LogP contribution in [0, 0.1) is 31.6 Å². The molecule has 4 unspecified atom stereocenters. The summed E-state index contributed by atoms with van der Waals surface area (Å²) in [4.78, 5) is 12.3. The van der Waals surface area contributed by atoms with Crippen LogP contribution in [0.1, 0.15) is 30.5 Å². The summed E-state index contributed by atoms with van der Waals surface area (Å²) in [5.74, 6) is 1.38.